The van der Waals surface area contributed by atoms with Gasteiger partial charge in [0.05, 0.1) is 0 Å². The van der Waals surface area contributed by atoms with E-state index in [2.05, 4.69) is 30.9 Å². The van der Waals surface area contributed by atoms with Gasteiger partial charge in [0, 0.05) is 22.0 Å². The van der Waals surface area contributed by atoms with Crippen LogP contribution in [-0.4, -0.2) is 27.3 Å². The highest BCUT2D eigenvalue weighted by molar-refractivity contribution is 9.10. The zero-order chi connectivity index (χ0) is 26.1. The van der Waals surface area contributed by atoms with Gasteiger partial charge in [-0.2, -0.15) is 26.3 Å². The van der Waals surface area contributed by atoms with Crippen LogP contribution in [0, 0.1) is 0 Å². The fourth-order valence-corrected chi connectivity index (χ4v) is 4.24. The Kier molecular flexibility index (Phi) is 6.92. The molecule has 0 saturated heterocycles. The van der Waals surface area contributed by atoms with Crippen molar-refractivity contribution in [3.8, 4) is 22.8 Å². The van der Waals surface area contributed by atoms with Crippen molar-refractivity contribution in [2.45, 2.75) is 31.1 Å². The highest BCUT2D eigenvalue weighted by Crippen LogP contribution is 2.56. The summed E-state index contributed by atoms with van der Waals surface area (Å²) in [6, 6.07) is 17.0. The normalized spacial score (nSPS) is 12.6. The molecule has 36 heavy (non-hydrogen) atoms. The Bertz CT molecular complexity index is 1320. The first kappa shape index (κ1) is 25.8. The third-order valence-electron chi connectivity index (χ3n) is 5.73. The quantitative estimate of drug-likeness (QED) is 0.230. The Labute approximate surface area is 211 Å². The standard InChI is InChI=1S/C26H18BrF6N3/c1-2-21-34-22(16-6-4-3-5-7-16)36-23(35-21)17-8-10-18(11-9-17)24(25(28,29)30,26(31,32)33)19-12-14-20(27)15-13-19/h3-15H,2H2,1H3. The summed E-state index contributed by atoms with van der Waals surface area (Å²) in [6.45, 7) is 1.83. The number of nitrogens with zero attached hydrogens (tertiary/aromatic N) is 3. The maximum atomic E-state index is 14.3. The second kappa shape index (κ2) is 9.65. The lowest BCUT2D eigenvalue weighted by Gasteiger charge is -2.38. The van der Waals surface area contributed by atoms with E-state index >= 15 is 0 Å². The molecule has 3 aromatic carbocycles. The van der Waals surface area contributed by atoms with E-state index in [-0.39, 0.29) is 11.4 Å². The molecular weight excluding hydrogens is 548 g/mol. The molecule has 4 aromatic rings. The molecule has 0 radical (unpaired) electrons. The minimum Gasteiger partial charge on any atom is -0.213 e. The van der Waals surface area contributed by atoms with Crippen molar-refractivity contribution in [2.75, 3.05) is 0 Å². The predicted octanol–water partition coefficient (Wildman–Crippen LogP) is 7.94. The van der Waals surface area contributed by atoms with Crippen molar-refractivity contribution in [3.63, 3.8) is 0 Å². The van der Waals surface area contributed by atoms with Gasteiger partial charge in [0.15, 0.2) is 11.6 Å². The molecule has 0 saturated carbocycles. The maximum absolute atomic E-state index is 14.3. The largest absolute Gasteiger partial charge is 0.411 e. The Balaban J connectivity index is 1.86. The topological polar surface area (TPSA) is 38.7 Å². The Morgan fingerprint density at radius 2 is 1.06 bits per heavy atom. The number of aryl methyl sites for hydroxylation is 1. The average molecular weight is 566 g/mol. The summed E-state index contributed by atoms with van der Waals surface area (Å²) in [7, 11) is 0. The molecule has 4 rings (SSSR count). The summed E-state index contributed by atoms with van der Waals surface area (Å²) in [5.74, 6) is 0.953. The molecule has 1 heterocycles. The van der Waals surface area contributed by atoms with Crippen LogP contribution in [0.15, 0.2) is 83.3 Å². The van der Waals surface area contributed by atoms with Crippen LogP contribution in [-0.2, 0) is 11.8 Å². The molecule has 186 valence electrons. The van der Waals surface area contributed by atoms with Gasteiger partial charge in [0.25, 0.3) is 0 Å². The third-order valence-corrected chi connectivity index (χ3v) is 6.26. The molecular formula is C26H18BrF6N3. The van der Waals surface area contributed by atoms with E-state index in [4.69, 9.17) is 0 Å². The molecule has 3 nitrogen and oxygen atoms in total. The lowest BCUT2D eigenvalue weighted by Crippen LogP contribution is -2.54. The van der Waals surface area contributed by atoms with Gasteiger partial charge in [-0.25, -0.2) is 15.0 Å². The second-order valence-corrected chi connectivity index (χ2v) is 8.86. The van der Waals surface area contributed by atoms with Crippen LogP contribution in [0.25, 0.3) is 22.8 Å². The van der Waals surface area contributed by atoms with Crippen LogP contribution in [0.3, 0.4) is 0 Å². The summed E-state index contributed by atoms with van der Waals surface area (Å²) in [5.41, 5.74) is -5.14. The van der Waals surface area contributed by atoms with E-state index in [1.807, 2.05) is 13.0 Å². The van der Waals surface area contributed by atoms with E-state index in [0.717, 1.165) is 36.4 Å². The van der Waals surface area contributed by atoms with Crippen LogP contribution >= 0.6 is 15.9 Å². The second-order valence-electron chi connectivity index (χ2n) is 7.95. The Morgan fingerprint density at radius 3 is 1.50 bits per heavy atom. The van der Waals surface area contributed by atoms with Crippen molar-refractivity contribution in [3.05, 3.63) is 100 Å². The smallest absolute Gasteiger partial charge is 0.213 e. The van der Waals surface area contributed by atoms with Crippen molar-refractivity contribution in [2.24, 2.45) is 0 Å². The average Bonchev–Trinajstić information content (AvgIpc) is 2.84. The first-order chi connectivity index (χ1) is 17.0. The summed E-state index contributed by atoms with van der Waals surface area (Å²) in [4.78, 5) is 13.1. The Hall–Kier alpha value is -3.27. The van der Waals surface area contributed by atoms with Crippen LogP contribution in [0.1, 0.15) is 23.9 Å². The van der Waals surface area contributed by atoms with E-state index in [1.165, 1.54) is 12.1 Å². The first-order valence-corrected chi connectivity index (χ1v) is 11.6. The highest BCUT2D eigenvalue weighted by Gasteiger charge is 2.72. The van der Waals surface area contributed by atoms with Gasteiger partial charge in [-0.1, -0.05) is 89.6 Å². The van der Waals surface area contributed by atoms with Crippen molar-refractivity contribution in [1.82, 2.24) is 15.0 Å². The fourth-order valence-electron chi connectivity index (χ4n) is 3.97. The van der Waals surface area contributed by atoms with Gasteiger partial charge in [-0.3, -0.25) is 0 Å². The number of hydrogen-bond donors (Lipinski definition) is 0. The summed E-state index contributed by atoms with van der Waals surface area (Å²) in [6.07, 6.45) is -10.9. The van der Waals surface area contributed by atoms with Gasteiger partial charge in [0.2, 0.25) is 5.41 Å². The molecule has 0 aliphatic carbocycles. The zero-order valence-electron chi connectivity index (χ0n) is 18.7. The van der Waals surface area contributed by atoms with Crippen LogP contribution in [0.5, 0.6) is 0 Å². The van der Waals surface area contributed by atoms with Crippen molar-refractivity contribution < 1.29 is 26.3 Å². The lowest BCUT2D eigenvalue weighted by molar-refractivity contribution is -0.288. The zero-order valence-corrected chi connectivity index (χ0v) is 20.3. The van der Waals surface area contributed by atoms with Gasteiger partial charge < -0.3 is 0 Å². The van der Waals surface area contributed by atoms with Crippen LogP contribution in [0.2, 0.25) is 0 Å². The number of alkyl halides is 6. The van der Waals surface area contributed by atoms with Gasteiger partial charge in [-0.15, -0.1) is 0 Å². The first-order valence-electron chi connectivity index (χ1n) is 10.8. The molecule has 1 aromatic heterocycles. The highest BCUT2D eigenvalue weighted by atomic mass is 79.9. The summed E-state index contributed by atoms with van der Waals surface area (Å²) >= 11 is 3.06. The SMILES string of the molecule is CCc1nc(-c2ccccc2)nc(-c2ccc(C(c3ccc(Br)cc3)(C(F)(F)F)C(F)(F)F)cc2)n1. The molecule has 0 aliphatic rings. The van der Waals surface area contributed by atoms with E-state index < -0.39 is 28.9 Å². The van der Waals surface area contributed by atoms with Crippen molar-refractivity contribution >= 4 is 15.9 Å². The van der Waals surface area contributed by atoms with E-state index in [0.29, 0.717) is 28.1 Å². The summed E-state index contributed by atoms with van der Waals surface area (Å²) in [5, 5.41) is 0. The molecule has 0 aliphatic heterocycles. The minimum absolute atomic E-state index is 0.153. The number of halogens is 7. The van der Waals surface area contributed by atoms with Crippen molar-refractivity contribution in [1.29, 1.82) is 0 Å². The number of rotatable bonds is 5. The number of hydrogen-bond acceptors (Lipinski definition) is 3. The summed E-state index contributed by atoms with van der Waals surface area (Å²) < 4.78 is 86.4. The van der Waals surface area contributed by atoms with Gasteiger partial charge >= 0.3 is 12.4 Å². The lowest BCUT2D eigenvalue weighted by atomic mass is 9.73. The maximum Gasteiger partial charge on any atom is 0.411 e. The molecule has 0 N–H and O–H groups in total. The fraction of sp³-hybridized carbons (Fsp3) is 0.192. The van der Waals surface area contributed by atoms with Gasteiger partial charge in [0.1, 0.15) is 5.82 Å². The Morgan fingerprint density at radius 1 is 0.611 bits per heavy atom. The molecule has 0 unspecified atom stereocenters. The number of benzene rings is 3. The van der Waals surface area contributed by atoms with Crippen LogP contribution < -0.4 is 0 Å². The molecule has 0 atom stereocenters. The van der Waals surface area contributed by atoms with Gasteiger partial charge in [-0.05, 0) is 23.3 Å². The number of aromatic nitrogens is 3. The molecule has 0 fully saturated rings. The third kappa shape index (κ3) is 4.61. The van der Waals surface area contributed by atoms with E-state index in [9.17, 15) is 26.3 Å². The minimum atomic E-state index is -5.66. The molecule has 0 amide bonds. The monoisotopic (exact) mass is 565 g/mol. The van der Waals surface area contributed by atoms with E-state index in [1.54, 1.807) is 24.3 Å². The predicted molar refractivity (Wildman–Crippen MR) is 127 cm³/mol. The molecule has 10 heteroatoms. The van der Waals surface area contributed by atoms with Crippen LogP contribution in [0.4, 0.5) is 26.3 Å². The molecule has 0 spiro atoms. The molecule has 0 bridgehead atoms.